The summed E-state index contributed by atoms with van der Waals surface area (Å²) >= 11 is 0. The molecule has 0 bridgehead atoms. The van der Waals surface area contributed by atoms with Crippen LogP contribution in [0.4, 0.5) is 0 Å². The number of ether oxygens (including phenoxy) is 3. The molecule has 2 aromatic rings. The van der Waals surface area contributed by atoms with Crippen LogP contribution < -0.4 is 10.1 Å². The van der Waals surface area contributed by atoms with Crippen molar-refractivity contribution in [3.63, 3.8) is 0 Å². The van der Waals surface area contributed by atoms with Crippen LogP contribution in [-0.2, 0) is 9.47 Å². The summed E-state index contributed by atoms with van der Waals surface area (Å²) in [7, 11) is 1.59. The molecule has 0 aliphatic carbocycles. The lowest BCUT2D eigenvalue weighted by molar-refractivity contribution is 0.134. The van der Waals surface area contributed by atoms with Crippen LogP contribution in [0.2, 0.25) is 0 Å². The molecule has 1 saturated heterocycles. The van der Waals surface area contributed by atoms with E-state index < -0.39 is 0 Å². The normalized spacial score (nSPS) is 18.2. The predicted molar refractivity (Wildman–Crippen MR) is 94.3 cm³/mol. The third-order valence-corrected chi connectivity index (χ3v) is 4.41. The Balaban J connectivity index is 1.74. The summed E-state index contributed by atoms with van der Waals surface area (Å²) in [5.41, 5.74) is 0.790. The Kier molecular flexibility index (Phi) is 6.87. The molecule has 1 aliphatic heterocycles. The highest BCUT2D eigenvalue weighted by Crippen LogP contribution is 2.20. The van der Waals surface area contributed by atoms with Crippen molar-refractivity contribution in [1.82, 2.24) is 30.5 Å². The SMILES string of the molecule is CCOCCC(NC[C@@H]1CCOC1)c1nnnn1-c1ccc(OC)nc1. The summed E-state index contributed by atoms with van der Waals surface area (Å²) in [5.74, 6) is 1.82. The van der Waals surface area contributed by atoms with Gasteiger partial charge in [-0.2, -0.15) is 4.68 Å². The van der Waals surface area contributed by atoms with Gasteiger partial charge in [0.1, 0.15) is 0 Å². The molecule has 9 nitrogen and oxygen atoms in total. The highest BCUT2D eigenvalue weighted by Gasteiger charge is 2.23. The van der Waals surface area contributed by atoms with Gasteiger partial charge in [-0.3, -0.25) is 0 Å². The zero-order valence-corrected chi connectivity index (χ0v) is 15.3. The van der Waals surface area contributed by atoms with Crippen molar-refractivity contribution >= 4 is 0 Å². The maximum atomic E-state index is 5.54. The van der Waals surface area contributed by atoms with E-state index in [-0.39, 0.29) is 6.04 Å². The highest BCUT2D eigenvalue weighted by atomic mass is 16.5. The fourth-order valence-corrected chi connectivity index (χ4v) is 2.93. The molecule has 0 radical (unpaired) electrons. The summed E-state index contributed by atoms with van der Waals surface area (Å²) in [4.78, 5) is 4.24. The van der Waals surface area contributed by atoms with Gasteiger partial charge in [0.15, 0.2) is 5.82 Å². The number of pyridine rings is 1. The van der Waals surface area contributed by atoms with Crippen molar-refractivity contribution in [2.45, 2.75) is 25.8 Å². The van der Waals surface area contributed by atoms with Crippen LogP contribution in [0.1, 0.15) is 31.6 Å². The summed E-state index contributed by atoms with van der Waals surface area (Å²) in [6, 6.07) is 3.66. The number of nitrogens with zero attached hydrogens (tertiary/aromatic N) is 5. The van der Waals surface area contributed by atoms with E-state index in [9.17, 15) is 0 Å². The molecule has 3 heterocycles. The highest BCUT2D eigenvalue weighted by molar-refractivity contribution is 5.31. The first kappa shape index (κ1) is 18.7. The molecule has 0 saturated carbocycles. The molecule has 9 heteroatoms. The van der Waals surface area contributed by atoms with Gasteiger partial charge in [0.25, 0.3) is 0 Å². The van der Waals surface area contributed by atoms with E-state index in [4.69, 9.17) is 14.2 Å². The maximum absolute atomic E-state index is 5.54. The first-order valence-electron chi connectivity index (χ1n) is 8.99. The minimum Gasteiger partial charge on any atom is -0.481 e. The van der Waals surface area contributed by atoms with Gasteiger partial charge in [0.2, 0.25) is 5.88 Å². The quantitative estimate of drug-likeness (QED) is 0.629. The largest absolute Gasteiger partial charge is 0.481 e. The second-order valence-corrected chi connectivity index (χ2v) is 6.18. The maximum Gasteiger partial charge on any atom is 0.213 e. The van der Waals surface area contributed by atoms with Gasteiger partial charge in [0, 0.05) is 32.4 Å². The summed E-state index contributed by atoms with van der Waals surface area (Å²) in [6.07, 6.45) is 3.56. The van der Waals surface area contributed by atoms with E-state index in [0.29, 0.717) is 25.0 Å². The van der Waals surface area contributed by atoms with Crippen molar-refractivity contribution in [2.24, 2.45) is 5.92 Å². The lowest BCUT2D eigenvalue weighted by Gasteiger charge is -2.20. The minimum absolute atomic E-state index is 0.0146. The van der Waals surface area contributed by atoms with Crippen molar-refractivity contribution in [1.29, 1.82) is 0 Å². The van der Waals surface area contributed by atoms with Crippen molar-refractivity contribution in [3.05, 3.63) is 24.2 Å². The van der Waals surface area contributed by atoms with Crippen molar-refractivity contribution in [3.8, 4) is 11.6 Å². The lowest BCUT2D eigenvalue weighted by Crippen LogP contribution is -2.30. The van der Waals surface area contributed by atoms with Crippen LogP contribution >= 0.6 is 0 Å². The monoisotopic (exact) mass is 362 g/mol. The Morgan fingerprint density at radius 1 is 1.42 bits per heavy atom. The van der Waals surface area contributed by atoms with Gasteiger partial charge in [-0.25, -0.2) is 4.98 Å². The molecular formula is C17H26N6O3. The molecule has 142 valence electrons. The molecule has 0 spiro atoms. The molecule has 0 amide bonds. The number of rotatable bonds is 10. The van der Waals surface area contributed by atoms with Gasteiger partial charge < -0.3 is 19.5 Å². The molecule has 1 aliphatic rings. The van der Waals surface area contributed by atoms with Gasteiger partial charge in [0.05, 0.1) is 31.6 Å². The van der Waals surface area contributed by atoms with Crippen molar-refractivity contribution in [2.75, 3.05) is 40.1 Å². The topological polar surface area (TPSA) is 96.2 Å². The first-order valence-corrected chi connectivity index (χ1v) is 8.99. The van der Waals surface area contributed by atoms with E-state index in [1.54, 1.807) is 24.1 Å². The van der Waals surface area contributed by atoms with Crippen molar-refractivity contribution < 1.29 is 14.2 Å². The smallest absolute Gasteiger partial charge is 0.213 e. The molecule has 1 unspecified atom stereocenters. The second kappa shape index (κ2) is 9.56. The fourth-order valence-electron chi connectivity index (χ4n) is 2.93. The van der Waals surface area contributed by atoms with Crippen LogP contribution in [0.5, 0.6) is 5.88 Å². The Bertz CT molecular complexity index is 657. The zero-order valence-electron chi connectivity index (χ0n) is 15.3. The summed E-state index contributed by atoms with van der Waals surface area (Å²) < 4.78 is 17.8. The number of hydrogen-bond donors (Lipinski definition) is 1. The Morgan fingerprint density at radius 2 is 2.35 bits per heavy atom. The zero-order chi connectivity index (χ0) is 18.2. The van der Waals surface area contributed by atoms with Crippen LogP contribution in [0.25, 0.3) is 5.69 Å². The average Bonchev–Trinajstić information content (AvgIpc) is 3.36. The number of methoxy groups -OCH3 is 1. The summed E-state index contributed by atoms with van der Waals surface area (Å²) in [6.45, 7) is 5.83. The fraction of sp³-hybridized carbons (Fsp3) is 0.647. The van der Waals surface area contributed by atoms with E-state index in [1.807, 2.05) is 13.0 Å². The van der Waals surface area contributed by atoms with E-state index in [2.05, 4.69) is 25.8 Å². The molecule has 26 heavy (non-hydrogen) atoms. The first-order chi connectivity index (χ1) is 12.8. The molecule has 1 fully saturated rings. The van der Waals surface area contributed by atoms with E-state index in [0.717, 1.165) is 44.1 Å². The average molecular weight is 362 g/mol. The second-order valence-electron chi connectivity index (χ2n) is 6.18. The molecule has 2 atom stereocenters. The third-order valence-electron chi connectivity index (χ3n) is 4.41. The minimum atomic E-state index is -0.0146. The Labute approximate surface area is 153 Å². The Morgan fingerprint density at radius 3 is 3.04 bits per heavy atom. The number of hydrogen-bond acceptors (Lipinski definition) is 8. The number of aromatic nitrogens is 5. The third kappa shape index (κ3) is 4.75. The van der Waals surface area contributed by atoms with Crippen LogP contribution in [-0.4, -0.2) is 65.3 Å². The van der Waals surface area contributed by atoms with Crippen LogP contribution in [0.3, 0.4) is 0 Å². The van der Waals surface area contributed by atoms with Gasteiger partial charge >= 0.3 is 0 Å². The molecule has 0 aromatic carbocycles. The van der Waals surface area contributed by atoms with E-state index in [1.165, 1.54) is 0 Å². The summed E-state index contributed by atoms with van der Waals surface area (Å²) in [5, 5.41) is 15.8. The lowest BCUT2D eigenvalue weighted by atomic mass is 10.1. The number of tetrazole rings is 1. The Hall–Kier alpha value is -2.10. The standard InChI is InChI=1S/C17H26N6O3/c1-3-25-9-7-15(18-10-13-6-8-26-12-13)17-20-21-22-23(17)14-4-5-16(24-2)19-11-14/h4-5,11,13,15,18H,3,6-10,12H2,1-2H3/t13-,15?/m0/s1. The van der Waals surface area contributed by atoms with Crippen LogP contribution in [0.15, 0.2) is 18.3 Å². The van der Waals surface area contributed by atoms with Gasteiger partial charge in [-0.15, -0.1) is 5.10 Å². The molecule has 1 N–H and O–H groups in total. The van der Waals surface area contributed by atoms with Gasteiger partial charge in [-0.1, -0.05) is 0 Å². The molecular weight excluding hydrogens is 336 g/mol. The molecule has 2 aromatic heterocycles. The van der Waals surface area contributed by atoms with Gasteiger partial charge in [-0.05, 0) is 42.2 Å². The predicted octanol–water partition coefficient (Wildman–Crippen LogP) is 1.16. The molecule has 3 rings (SSSR count). The number of nitrogens with one attached hydrogen (secondary N) is 1. The van der Waals surface area contributed by atoms with Crippen LogP contribution in [0, 0.1) is 5.92 Å². The van der Waals surface area contributed by atoms with E-state index >= 15 is 0 Å².